The van der Waals surface area contributed by atoms with Crippen molar-refractivity contribution in [3.63, 3.8) is 0 Å². The van der Waals surface area contributed by atoms with Gasteiger partial charge in [0.1, 0.15) is 11.4 Å². The van der Waals surface area contributed by atoms with E-state index in [-0.39, 0.29) is 23.1 Å². The van der Waals surface area contributed by atoms with Gasteiger partial charge in [0.25, 0.3) is 0 Å². The van der Waals surface area contributed by atoms with Gasteiger partial charge in [-0.15, -0.1) is 0 Å². The topological polar surface area (TPSA) is 49.8 Å². The molecule has 0 aromatic heterocycles. The van der Waals surface area contributed by atoms with Crippen LogP contribution in [0.5, 0.6) is 0 Å². The molecule has 1 aromatic rings. The lowest BCUT2D eigenvalue weighted by Gasteiger charge is -2.42. The third-order valence-corrected chi connectivity index (χ3v) is 4.80. The molecule has 0 saturated carbocycles. The van der Waals surface area contributed by atoms with Gasteiger partial charge in [-0.25, -0.2) is 9.18 Å². The fraction of sp³-hybridized carbons (Fsp3) is 0.611. The smallest absolute Gasteiger partial charge is 0.410 e. The zero-order chi connectivity index (χ0) is 18.0. The molecule has 1 saturated heterocycles. The van der Waals surface area contributed by atoms with E-state index in [1.54, 1.807) is 11.0 Å². The van der Waals surface area contributed by atoms with Gasteiger partial charge in [0.2, 0.25) is 0 Å². The molecule has 0 spiro atoms. The van der Waals surface area contributed by atoms with E-state index < -0.39 is 11.4 Å². The molecule has 1 amide bonds. The van der Waals surface area contributed by atoms with Crippen LogP contribution in [0.1, 0.15) is 45.6 Å². The van der Waals surface area contributed by atoms with Crippen LogP contribution in [0.4, 0.5) is 9.18 Å². The van der Waals surface area contributed by atoms with Crippen molar-refractivity contribution >= 4 is 17.7 Å². The summed E-state index contributed by atoms with van der Waals surface area (Å²) >= 11 is 5.77. The lowest BCUT2D eigenvalue weighted by atomic mass is 9.70. The van der Waals surface area contributed by atoms with Crippen LogP contribution >= 0.6 is 11.6 Å². The van der Waals surface area contributed by atoms with Crippen LogP contribution in [-0.4, -0.2) is 41.4 Å². The molecule has 1 aliphatic rings. The van der Waals surface area contributed by atoms with Gasteiger partial charge in [-0.1, -0.05) is 17.7 Å². The summed E-state index contributed by atoms with van der Waals surface area (Å²) in [5, 5.41) is 9.56. The first-order valence-corrected chi connectivity index (χ1v) is 8.59. The van der Waals surface area contributed by atoms with Crippen molar-refractivity contribution in [1.29, 1.82) is 0 Å². The van der Waals surface area contributed by atoms with Gasteiger partial charge in [-0.05, 0) is 57.7 Å². The second kappa shape index (κ2) is 7.28. The zero-order valence-electron chi connectivity index (χ0n) is 14.4. The molecular weight excluding hydrogens is 333 g/mol. The summed E-state index contributed by atoms with van der Waals surface area (Å²) in [6, 6.07) is 4.80. The molecule has 0 atom stereocenters. The largest absolute Gasteiger partial charge is 0.444 e. The maximum Gasteiger partial charge on any atom is 0.410 e. The number of piperidine rings is 1. The lowest BCUT2D eigenvalue weighted by Crippen LogP contribution is -2.47. The molecule has 24 heavy (non-hydrogen) atoms. The summed E-state index contributed by atoms with van der Waals surface area (Å²) in [5.74, 6) is -0.457. The Labute approximate surface area is 147 Å². The normalized spacial score (nSPS) is 17.7. The van der Waals surface area contributed by atoms with Crippen molar-refractivity contribution < 1.29 is 19.0 Å². The molecule has 0 bridgehead atoms. The Hall–Kier alpha value is -1.33. The monoisotopic (exact) mass is 357 g/mol. The Balaban J connectivity index is 2.14. The van der Waals surface area contributed by atoms with E-state index >= 15 is 0 Å². The Bertz CT molecular complexity index is 592. The molecule has 1 fully saturated rings. The number of carbonyl (C=O) groups excluding carboxylic acids is 1. The van der Waals surface area contributed by atoms with Crippen molar-refractivity contribution in [2.45, 2.75) is 51.0 Å². The highest BCUT2D eigenvalue weighted by Crippen LogP contribution is 2.39. The number of amides is 1. The minimum absolute atomic E-state index is 0.0106. The van der Waals surface area contributed by atoms with Crippen LogP contribution in [0.3, 0.4) is 0 Å². The van der Waals surface area contributed by atoms with Gasteiger partial charge in [0.15, 0.2) is 0 Å². The lowest BCUT2D eigenvalue weighted by molar-refractivity contribution is 0.0150. The number of ether oxygens (including phenoxy) is 1. The number of hydrogen-bond donors (Lipinski definition) is 1. The van der Waals surface area contributed by atoms with E-state index in [0.29, 0.717) is 32.4 Å². The fourth-order valence-electron chi connectivity index (χ4n) is 3.17. The summed E-state index contributed by atoms with van der Waals surface area (Å²) in [6.07, 6.45) is 1.49. The van der Waals surface area contributed by atoms with Crippen molar-refractivity contribution in [2.75, 3.05) is 19.7 Å². The van der Waals surface area contributed by atoms with Crippen LogP contribution in [0.25, 0.3) is 0 Å². The number of nitrogens with zero attached hydrogens (tertiary/aromatic N) is 1. The van der Waals surface area contributed by atoms with Crippen LogP contribution in [-0.2, 0) is 10.2 Å². The van der Waals surface area contributed by atoms with E-state index in [1.807, 2.05) is 26.8 Å². The molecule has 6 heteroatoms. The standard InChI is InChI=1S/C18H25ClFNO3/c1-17(2,3)24-16(23)21-9-6-18(7-10-21,8-11-22)13-4-5-14(19)15(20)12-13/h4-5,12,22H,6-11H2,1-3H3. The van der Waals surface area contributed by atoms with Gasteiger partial charge >= 0.3 is 6.09 Å². The highest BCUT2D eigenvalue weighted by atomic mass is 35.5. The Kier molecular flexibility index (Phi) is 5.76. The van der Waals surface area contributed by atoms with E-state index in [9.17, 15) is 14.3 Å². The number of aliphatic hydroxyl groups excluding tert-OH is 1. The van der Waals surface area contributed by atoms with Crippen molar-refractivity contribution in [3.05, 3.63) is 34.6 Å². The first-order chi connectivity index (χ1) is 11.2. The molecule has 0 radical (unpaired) electrons. The quantitative estimate of drug-likeness (QED) is 0.884. The van der Waals surface area contributed by atoms with Crippen molar-refractivity contribution in [1.82, 2.24) is 4.90 Å². The SMILES string of the molecule is CC(C)(C)OC(=O)N1CCC(CCO)(c2ccc(Cl)c(F)c2)CC1. The molecule has 0 aliphatic carbocycles. The third kappa shape index (κ3) is 4.39. The second-order valence-corrected chi connectivity index (χ2v) is 7.76. The summed E-state index contributed by atoms with van der Waals surface area (Å²) in [4.78, 5) is 13.9. The average molecular weight is 358 g/mol. The van der Waals surface area contributed by atoms with Gasteiger partial charge in [0, 0.05) is 25.1 Å². The second-order valence-electron chi connectivity index (χ2n) is 7.35. The predicted molar refractivity (Wildman–Crippen MR) is 91.8 cm³/mol. The van der Waals surface area contributed by atoms with Crippen LogP contribution in [0.2, 0.25) is 5.02 Å². The highest BCUT2D eigenvalue weighted by molar-refractivity contribution is 6.30. The minimum Gasteiger partial charge on any atom is -0.444 e. The summed E-state index contributed by atoms with van der Waals surface area (Å²) in [7, 11) is 0. The maximum absolute atomic E-state index is 13.9. The fourth-order valence-corrected chi connectivity index (χ4v) is 3.28. The molecule has 1 heterocycles. The molecule has 1 aliphatic heterocycles. The Morgan fingerprint density at radius 2 is 2.00 bits per heavy atom. The highest BCUT2D eigenvalue weighted by Gasteiger charge is 2.38. The van der Waals surface area contributed by atoms with Gasteiger partial charge in [-0.2, -0.15) is 0 Å². The number of hydrogen-bond acceptors (Lipinski definition) is 3. The maximum atomic E-state index is 13.9. The number of halogens is 2. The van der Waals surface area contributed by atoms with Crippen LogP contribution in [0, 0.1) is 5.82 Å². The van der Waals surface area contributed by atoms with E-state index in [2.05, 4.69) is 0 Å². The minimum atomic E-state index is -0.532. The Morgan fingerprint density at radius 3 is 2.50 bits per heavy atom. The molecule has 4 nitrogen and oxygen atoms in total. The summed E-state index contributed by atoms with van der Waals surface area (Å²) in [5.41, 5.74) is -0.0587. The number of carbonyl (C=O) groups is 1. The number of rotatable bonds is 3. The molecule has 1 N–H and O–H groups in total. The Morgan fingerprint density at radius 1 is 1.38 bits per heavy atom. The first-order valence-electron chi connectivity index (χ1n) is 8.21. The average Bonchev–Trinajstić information content (AvgIpc) is 2.49. The zero-order valence-corrected chi connectivity index (χ0v) is 15.2. The van der Waals surface area contributed by atoms with Gasteiger partial charge in [0.05, 0.1) is 5.02 Å². The van der Waals surface area contributed by atoms with Crippen molar-refractivity contribution in [2.24, 2.45) is 0 Å². The van der Waals surface area contributed by atoms with Gasteiger partial charge < -0.3 is 14.7 Å². The van der Waals surface area contributed by atoms with E-state index in [1.165, 1.54) is 6.07 Å². The van der Waals surface area contributed by atoms with E-state index in [4.69, 9.17) is 16.3 Å². The van der Waals surface area contributed by atoms with E-state index in [0.717, 1.165) is 5.56 Å². The first kappa shape index (κ1) is 19.0. The summed E-state index contributed by atoms with van der Waals surface area (Å²) < 4.78 is 19.3. The van der Waals surface area contributed by atoms with Crippen LogP contribution in [0.15, 0.2) is 18.2 Å². The third-order valence-electron chi connectivity index (χ3n) is 4.49. The molecule has 0 unspecified atom stereocenters. The number of likely N-dealkylation sites (tertiary alicyclic amines) is 1. The number of benzene rings is 1. The molecule has 134 valence electrons. The molecule has 1 aromatic carbocycles. The number of aliphatic hydroxyl groups is 1. The van der Waals surface area contributed by atoms with Crippen molar-refractivity contribution in [3.8, 4) is 0 Å². The molecular formula is C18H25ClFNO3. The predicted octanol–water partition coefficient (Wildman–Crippen LogP) is 4.13. The molecule has 2 rings (SSSR count). The van der Waals surface area contributed by atoms with Gasteiger partial charge in [-0.3, -0.25) is 0 Å². The van der Waals surface area contributed by atoms with Crippen LogP contribution < -0.4 is 0 Å². The summed E-state index contributed by atoms with van der Waals surface area (Å²) in [6.45, 7) is 6.54.